The van der Waals surface area contributed by atoms with Gasteiger partial charge in [0.15, 0.2) is 5.82 Å². The molecule has 0 aliphatic carbocycles. The maximum Gasteiger partial charge on any atom is 0.277 e. The third-order valence-corrected chi connectivity index (χ3v) is 3.58. The minimum absolute atomic E-state index is 0.0000931. The summed E-state index contributed by atoms with van der Waals surface area (Å²) < 4.78 is 5.79. The van der Waals surface area contributed by atoms with Gasteiger partial charge in [-0.15, -0.1) is 0 Å². The van der Waals surface area contributed by atoms with Gasteiger partial charge in [-0.25, -0.2) is 0 Å². The molecule has 19 heavy (non-hydrogen) atoms. The van der Waals surface area contributed by atoms with E-state index in [-0.39, 0.29) is 36.4 Å². The molecule has 1 fully saturated rings. The van der Waals surface area contributed by atoms with Gasteiger partial charge in [0.2, 0.25) is 5.95 Å². The topological polar surface area (TPSA) is 116 Å². The van der Waals surface area contributed by atoms with Gasteiger partial charge in [0.05, 0.1) is 19.4 Å². The number of aromatic nitrogens is 2. The van der Waals surface area contributed by atoms with E-state index in [9.17, 15) is 9.90 Å². The molecule has 8 nitrogen and oxygen atoms in total. The summed E-state index contributed by atoms with van der Waals surface area (Å²) in [5.74, 6) is 0.839. The maximum absolute atomic E-state index is 11.7. The molecule has 1 aromatic heterocycles. The Balaban J connectivity index is 1.92. The van der Waals surface area contributed by atoms with Crippen LogP contribution in [0.15, 0.2) is 4.79 Å². The Morgan fingerprint density at radius 2 is 2.42 bits per heavy atom. The Labute approximate surface area is 109 Å². The molecule has 0 spiro atoms. The van der Waals surface area contributed by atoms with Crippen LogP contribution in [0.1, 0.15) is 13.3 Å². The van der Waals surface area contributed by atoms with Crippen molar-refractivity contribution in [1.29, 1.82) is 0 Å². The van der Waals surface area contributed by atoms with E-state index in [2.05, 4.69) is 22.2 Å². The number of fused-ring (bicyclic) bond motifs is 1. The van der Waals surface area contributed by atoms with Crippen LogP contribution in [0.25, 0.3) is 0 Å². The van der Waals surface area contributed by atoms with E-state index in [1.54, 1.807) is 0 Å². The molecule has 3 rings (SSSR count). The predicted octanol–water partition coefficient (Wildman–Crippen LogP) is -0.715. The molecule has 0 bridgehead atoms. The predicted molar refractivity (Wildman–Crippen MR) is 69.8 cm³/mol. The first-order valence-corrected chi connectivity index (χ1v) is 6.26. The van der Waals surface area contributed by atoms with Gasteiger partial charge >= 0.3 is 0 Å². The van der Waals surface area contributed by atoms with Crippen LogP contribution in [0, 0.1) is 5.92 Å². The van der Waals surface area contributed by atoms with Crippen molar-refractivity contribution in [3.63, 3.8) is 0 Å². The minimum Gasteiger partial charge on any atom is -0.394 e. The molecule has 8 heteroatoms. The van der Waals surface area contributed by atoms with Crippen molar-refractivity contribution in [2.24, 2.45) is 5.92 Å². The smallest absolute Gasteiger partial charge is 0.277 e. The number of anilines is 3. The molecule has 0 saturated carbocycles. The third-order valence-electron chi connectivity index (χ3n) is 3.58. The summed E-state index contributed by atoms with van der Waals surface area (Å²) in [5.41, 5.74) is 5.71. The fourth-order valence-electron chi connectivity index (χ4n) is 2.71. The van der Waals surface area contributed by atoms with E-state index in [1.807, 2.05) is 4.90 Å². The molecule has 3 unspecified atom stereocenters. The number of rotatable bonds is 2. The number of nitrogens with two attached hydrogens (primary N) is 1. The standard InChI is InChI=1S/C11H17N5O3/c1-5-2-6(3-17)19-10(5)16-4-13-7-8(16)14-11(12)15-9(7)18/h5-6,10,13,17H,2-4H2,1H3,(H3,12,14,15,18). The Hall–Kier alpha value is -1.80. The molecule has 0 amide bonds. The lowest BCUT2D eigenvalue weighted by Gasteiger charge is -2.27. The summed E-state index contributed by atoms with van der Waals surface area (Å²) >= 11 is 0. The van der Waals surface area contributed by atoms with Crippen molar-refractivity contribution in [1.82, 2.24) is 9.97 Å². The second-order valence-electron chi connectivity index (χ2n) is 5.00. The van der Waals surface area contributed by atoms with Crippen molar-refractivity contribution in [2.75, 3.05) is 29.2 Å². The van der Waals surface area contributed by atoms with E-state index >= 15 is 0 Å². The van der Waals surface area contributed by atoms with Gasteiger partial charge < -0.3 is 25.8 Å². The van der Waals surface area contributed by atoms with Crippen molar-refractivity contribution in [3.8, 4) is 0 Å². The zero-order valence-electron chi connectivity index (χ0n) is 10.6. The number of aromatic amines is 1. The Morgan fingerprint density at radius 3 is 3.11 bits per heavy atom. The minimum atomic E-state index is -0.283. The van der Waals surface area contributed by atoms with Crippen molar-refractivity contribution < 1.29 is 9.84 Å². The van der Waals surface area contributed by atoms with E-state index in [0.29, 0.717) is 18.2 Å². The molecule has 3 heterocycles. The fourth-order valence-corrected chi connectivity index (χ4v) is 2.71. The monoisotopic (exact) mass is 267 g/mol. The van der Waals surface area contributed by atoms with Gasteiger partial charge in [0.1, 0.15) is 11.9 Å². The summed E-state index contributed by atoms with van der Waals surface area (Å²) in [6, 6.07) is 0. The van der Waals surface area contributed by atoms with Crippen LogP contribution in [-0.4, -0.2) is 40.7 Å². The van der Waals surface area contributed by atoms with Gasteiger partial charge in [-0.1, -0.05) is 6.92 Å². The number of nitrogen functional groups attached to an aromatic ring is 1. The highest BCUT2D eigenvalue weighted by atomic mass is 16.5. The molecule has 1 aromatic rings. The first kappa shape index (κ1) is 12.2. The quantitative estimate of drug-likeness (QED) is 0.559. The van der Waals surface area contributed by atoms with Crippen LogP contribution >= 0.6 is 0 Å². The van der Waals surface area contributed by atoms with Gasteiger partial charge in [0.25, 0.3) is 5.56 Å². The molecule has 2 aliphatic rings. The Bertz CT molecular complexity index is 546. The molecule has 0 aromatic carbocycles. The second kappa shape index (κ2) is 4.39. The maximum atomic E-state index is 11.7. The van der Waals surface area contributed by atoms with Gasteiger partial charge in [-0.3, -0.25) is 9.78 Å². The molecular weight excluding hydrogens is 250 g/mol. The number of aliphatic hydroxyl groups excluding tert-OH is 1. The lowest BCUT2D eigenvalue weighted by atomic mass is 10.1. The van der Waals surface area contributed by atoms with E-state index in [0.717, 1.165) is 6.42 Å². The lowest BCUT2D eigenvalue weighted by molar-refractivity contribution is 0.00585. The summed E-state index contributed by atoms with van der Waals surface area (Å²) in [4.78, 5) is 20.2. The molecule has 3 atom stereocenters. The highest BCUT2D eigenvalue weighted by Crippen LogP contribution is 2.35. The summed E-state index contributed by atoms with van der Waals surface area (Å²) in [7, 11) is 0. The van der Waals surface area contributed by atoms with Gasteiger partial charge in [-0.2, -0.15) is 4.98 Å². The van der Waals surface area contributed by atoms with Crippen LogP contribution in [0.3, 0.4) is 0 Å². The van der Waals surface area contributed by atoms with E-state index in [1.165, 1.54) is 0 Å². The first-order chi connectivity index (χ1) is 9.10. The third kappa shape index (κ3) is 1.92. The molecule has 5 N–H and O–H groups in total. The summed E-state index contributed by atoms with van der Waals surface area (Å²) in [6.45, 7) is 2.50. The number of aliphatic hydroxyl groups is 1. The van der Waals surface area contributed by atoms with Gasteiger partial charge in [-0.05, 0) is 6.42 Å². The van der Waals surface area contributed by atoms with E-state index in [4.69, 9.17) is 10.5 Å². The Morgan fingerprint density at radius 1 is 1.63 bits per heavy atom. The highest BCUT2D eigenvalue weighted by Gasteiger charge is 2.39. The molecule has 2 aliphatic heterocycles. The second-order valence-corrected chi connectivity index (χ2v) is 5.00. The number of ether oxygens (including phenoxy) is 1. The average molecular weight is 267 g/mol. The molecule has 104 valence electrons. The van der Waals surface area contributed by atoms with Crippen LogP contribution in [0.4, 0.5) is 17.5 Å². The molecular formula is C11H17N5O3. The largest absolute Gasteiger partial charge is 0.394 e. The Kier molecular flexibility index (Phi) is 2.83. The number of hydrogen-bond acceptors (Lipinski definition) is 7. The normalized spacial score (nSPS) is 29.4. The van der Waals surface area contributed by atoms with E-state index < -0.39 is 0 Å². The SMILES string of the molecule is CC1CC(CO)OC1N1CNc2c1nc(N)[nH]c2=O. The van der Waals surface area contributed by atoms with Gasteiger partial charge in [0, 0.05) is 5.92 Å². The zero-order valence-corrected chi connectivity index (χ0v) is 10.6. The fraction of sp³-hybridized carbons (Fsp3) is 0.636. The lowest BCUT2D eigenvalue weighted by Crippen LogP contribution is -2.39. The number of nitrogens with zero attached hydrogens (tertiary/aromatic N) is 2. The number of hydrogen-bond donors (Lipinski definition) is 4. The van der Waals surface area contributed by atoms with Crippen LogP contribution in [-0.2, 0) is 4.74 Å². The number of nitrogens with one attached hydrogen (secondary N) is 2. The first-order valence-electron chi connectivity index (χ1n) is 6.26. The van der Waals surface area contributed by atoms with Crippen LogP contribution in [0.5, 0.6) is 0 Å². The van der Waals surface area contributed by atoms with Crippen molar-refractivity contribution in [3.05, 3.63) is 10.4 Å². The number of H-pyrrole nitrogens is 1. The van der Waals surface area contributed by atoms with Crippen LogP contribution < -0.4 is 21.5 Å². The van der Waals surface area contributed by atoms with Crippen LogP contribution in [0.2, 0.25) is 0 Å². The van der Waals surface area contributed by atoms with Crippen molar-refractivity contribution >= 4 is 17.5 Å². The van der Waals surface area contributed by atoms with Crippen molar-refractivity contribution in [2.45, 2.75) is 25.7 Å². The summed E-state index contributed by atoms with van der Waals surface area (Å²) in [6.07, 6.45) is 0.411. The zero-order chi connectivity index (χ0) is 13.6. The molecule has 1 saturated heterocycles. The highest BCUT2D eigenvalue weighted by molar-refractivity contribution is 5.71. The molecule has 0 radical (unpaired) electrons. The average Bonchev–Trinajstić information content (AvgIpc) is 2.92. The summed E-state index contributed by atoms with van der Waals surface area (Å²) in [5, 5.41) is 12.2.